The van der Waals surface area contributed by atoms with E-state index in [0.29, 0.717) is 23.3 Å². The van der Waals surface area contributed by atoms with Crippen molar-refractivity contribution in [2.75, 3.05) is 20.2 Å². The molecule has 3 rings (SSSR count). The fourth-order valence-electron chi connectivity index (χ4n) is 2.56. The van der Waals surface area contributed by atoms with Crippen molar-refractivity contribution in [3.63, 3.8) is 0 Å². The summed E-state index contributed by atoms with van der Waals surface area (Å²) in [7, 11) is -1.64. The molecule has 2 fully saturated rings. The lowest BCUT2D eigenvalue weighted by Gasteiger charge is -2.29. The molecule has 0 amide bonds. The van der Waals surface area contributed by atoms with E-state index in [1.807, 2.05) is 6.07 Å². The molecule has 7 heteroatoms. The number of thiophene rings is 1. The minimum Gasteiger partial charge on any atom is -0.381 e. The Kier molecular flexibility index (Phi) is 4.66. The quantitative estimate of drug-likeness (QED) is 0.864. The standard InChI is InChI=1S/C14H22N2O3S2/c1-19-12-6-8-16(9-7-12)21(17,18)14-5-4-13(20-14)10-15-11-2-3-11/h4-5,11-12,15H,2-3,6-10H2,1H3. The van der Waals surface area contributed by atoms with Crippen molar-refractivity contribution in [3.8, 4) is 0 Å². The molecule has 2 heterocycles. The summed E-state index contributed by atoms with van der Waals surface area (Å²) in [5.74, 6) is 0. The number of ether oxygens (including phenoxy) is 1. The summed E-state index contributed by atoms with van der Waals surface area (Å²) < 4.78 is 32.6. The summed E-state index contributed by atoms with van der Waals surface area (Å²) in [6.45, 7) is 1.87. The van der Waals surface area contributed by atoms with Gasteiger partial charge in [-0.15, -0.1) is 11.3 Å². The van der Waals surface area contributed by atoms with Gasteiger partial charge < -0.3 is 10.1 Å². The molecule has 1 saturated heterocycles. The first-order valence-corrected chi connectivity index (χ1v) is 9.70. The molecule has 0 bridgehead atoms. The van der Waals surface area contributed by atoms with Gasteiger partial charge in [-0.2, -0.15) is 4.31 Å². The Balaban J connectivity index is 1.63. The van der Waals surface area contributed by atoms with Crippen LogP contribution in [-0.2, 0) is 21.3 Å². The minimum atomic E-state index is -3.33. The number of sulfonamides is 1. The van der Waals surface area contributed by atoms with E-state index >= 15 is 0 Å². The van der Waals surface area contributed by atoms with Crippen LogP contribution in [0.25, 0.3) is 0 Å². The van der Waals surface area contributed by atoms with E-state index in [4.69, 9.17) is 4.74 Å². The zero-order chi connectivity index (χ0) is 14.9. The summed E-state index contributed by atoms with van der Waals surface area (Å²) in [5.41, 5.74) is 0. The third kappa shape index (κ3) is 3.65. The number of rotatable bonds is 6. The molecule has 1 aromatic rings. The SMILES string of the molecule is COC1CCN(S(=O)(=O)c2ccc(CNC3CC3)s2)CC1. The normalized spacial score (nSPS) is 21.8. The molecule has 0 aromatic carbocycles. The smallest absolute Gasteiger partial charge is 0.252 e. The van der Waals surface area contributed by atoms with E-state index < -0.39 is 10.0 Å². The van der Waals surface area contributed by atoms with E-state index in [1.54, 1.807) is 17.5 Å². The van der Waals surface area contributed by atoms with Crippen LogP contribution >= 0.6 is 11.3 Å². The Bertz CT molecular complexity index is 573. The Morgan fingerprint density at radius 1 is 1.29 bits per heavy atom. The predicted molar refractivity (Wildman–Crippen MR) is 83.0 cm³/mol. The Morgan fingerprint density at radius 2 is 2.00 bits per heavy atom. The molecule has 1 N–H and O–H groups in total. The van der Waals surface area contributed by atoms with Crippen LogP contribution in [0, 0.1) is 0 Å². The summed E-state index contributed by atoms with van der Waals surface area (Å²) in [6, 6.07) is 4.31. The van der Waals surface area contributed by atoms with Crippen molar-refractivity contribution >= 4 is 21.4 Å². The molecule has 1 aromatic heterocycles. The monoisotopic (exact) mass is 330 g/mol. The van der Waals surface area contributed by atoms with Crippen LogP contribution in [0.2, 0.25) is 0 Å². The number of methoxy groups -OCH3 is 1. The molecular weight excluding hydrogens is 308 g/mol. The molecule has 118 valence electrons. The van der Waals surface area contributed by atoms with Crippen LogP contribution in [0.3, 0.4) is 0 Å². The molecule has 2 aliphatic rings. The van der Waals surface area contributed by atoms with E-state index in [9.17, 15) is 8.42 Å². The average molecular weight is 330 g/mol. The van der Waals surface area contributed by atoms with Gasteiger partial charge in [0.1, 0.15) is 4.21 Å². The molecule has 0 radical (unpaired) electrons. The topological polar surface area (TPSA) is 58.6 Å². The van der Waals surface area contributed by atoms with Crippen LogP contribution in [0.5, 0.6) is 0 Å². The second kappa shape index (κ2) is 6.34. The van der Waals surface area contributed by atoms with Crippen LogP contribution in [0.15, 0.2) is 16.3 Å². The first-order valence-electron chi connectivity index (χ1n) is 7.44. The lowest BCUT2D eigenvalue weighted by molar-refractivity contribution is 0.0605. The summed E-state index contributed by atoms with van der Waals surface area (Å²) in [6.07, 6.45) is 4.22. The van der Waals surface area contributed by atoms with Crippen LogP contribution < -0.4 is 5.32 Å². The third-order valence-electron chi connectivity index (χ3n) is 4.11. The molecule has 0 unspecified atom stereocenters. The molecule has 1 aliphatic carbocycles. The lowest BCUT2D eigenvalue weighted by atomic mass is 10.1. The third-order valence-corrected chi connectivity index (χ3v) is 7.56. The average Bonchev–Trinajstić information content (AvgIpc) is 3.21. The van der Waals surface area contributed by atoms with Crippen molar-refractivity contribution in [2.45, 2.75) is 48.6 Å². The van der Waals surface area contributed by atoms with Crippen molar-refractivity contribution in [3.05, 3.63) is 17.0 Å². The maximum absolute atomic E-state index is 12.6. The molecule has 5 nitrogen and oxygen atoms in total. The zero-order valence-electron chi connectivity index (χ0n) is 12.2. The fraction of sp³-hybridized carbons (Fsp3) is 0.714. The van der Waals surface area contributed by atoms with Gasteiger partial charge in [0.2, 0.25) is 0 Å². The van der Waals surface area contributed by atoms with Gasteiger partial charge in [0.05, 0.1) is 6.10 Å². The Labute approximate surface area is 130 Å². The second-order valence-corrected chi connectivity index (χ2v) is 9.05. The van der Waals surface area contributed by atoms with Crippen LogP contribution in [0.4, 0.5) is 0 Å². The van der Waals surface area contributed by atoms with E-state index in [2.05, 4.69) is 5.32 Å². The van der Waals surface area contributed by atoms with E-state index in [0.717, 1.165) is 24.3 Å². The first kappa shape index (κ1) is 15.4. The highest BCUT2D eigenvalue weighted by molar-refractivity contribution is 7.91. The molecule has 1 saturated carbocycles. The van der Waals surface area contributed by atoms with Gasteiger partial charge in [0.25, 0.3) is 10.0 Å². The maximum atomic E-state index is 12.6. The van der Waals surface area contributed by atoms with Crippen molar-refractivity contribution in [1.29, 1.82) is 0 Å². The van der Waals surface area contributed by atoms with Crippen LogP contribution in [0.1, 0.15) is 30.6 Å². The summed E-state index contributed by atoms with van der Waals surface area (Å²) >= 11 is 1.39. The van der Waals surface area contributed by atoms with Crippen LogP contribution in [-0.4, -0.2) is 45.1 Å². The van der Waals surface area contributed by atoms with Crippen molar-refractivity contribution in [1.82, 2.24) is 9.62 Å². The highest BCUT2D eigenvalue weighted by atomic mass is 32.2. The second-order valence-electron chi connectivity index (χ2n) is 5.72. The summed E-state index contributed by atoms with van der Waals surface area (Å²) in [5, 5.41) is 3.42. The maximum Gasteiger partial charge on any atom is 0.252 e. The van der Waals surface area contributed by atoms with Gasteiger partial charge in [-0.05, 0) is 37.8 Å². The number of nitrogens with zero attached hydrogens (tertiary/aromatic N) is 1. The number of hydrogen-bond acceptors (Lipinski definition) is 5. The van der Waals surface area contributed by atoms with Gasteiger partial charge in [-0.3, -0.25) is 0 Å². The largest absolute Gasteiger partial charge is 0.381 e. The highest BCUT2D eigenvalue weighted by Crippen LogP contribution is 2.28. The minimum absolute atomic E-state index is 0.193. The Morgan fingerprint density at radius 3 is 2.62 bits per heavy atom. The number of piperidine rings is 1. The van der Waals surface area contributed by atoms with Gasteiger partial charge in [0, 0.05) is 37.7 Å². The van der Waals surface area contributed by atoms with E-state index in [-0.39, 0.29) is 6.10 Å². The number of hydrogen-bond donors (Lipinski definition) is 1. The van der Waals surface area contributed by atoms with Gasteiger partial charge in [0.15, 0.2) is 0 Å². The van der Waals surface area contributed by atoms with E-state index in [1.165, 1.54) is 24.2 Å². The van der Waals surface area contributed by atoms with Gasteiger partial charge >= 0.3 is 0 Å². The Hall–Kier alpha value is -0.470. The number of nitrogens with one attached hydrogen (secondary N) is 1. The van der Waals surface area contributed by atoms with Crippen molar-refractivity contribution in [2.24, 2.45) is 0 Å². The predicted octanol–water partition coefficient (Wildman–Crippen LogP) is 1.80. The molecule has 1 aliphatic heterocycles. The van der Waals surface area contributed by atoms with Gasteiger partial charge in [-0.25, -0.2) is 8.42 Å². The molecule has 21 heavy (non-hydrogen) atoms. The highest BCUT2D eigenvalue weighted by Gasteiger charge is 2.30. The summed E-state index contributed by atoms with van der Waals surface area (Å²) in [4.78, 5) is 1.09. The van der Waals surface area contributed by atoms with Gasteiger partial charge in [-0.1, -0.05) is 0 Å². The molecular formula is C14H22N2O3S2. The fourth-order valence-corrected chi connectivity index (χ4v) is 5.49. The van der Waals surface area contributed by atoms with Crippen molar-refractivity contribution < 1.29 is 13.2 Å². The molecule has 0 atom stereocenters. The first-order chi connectivity index (χ1) is 10.1. The zero-order valence-corrected chi connectivity index (χ0v) is 13.9. The lowest BCUT2D eigenvalue weighted by Crippen LogP contribution is -2.40. The molecule has 0 spiro atoms.